The quantitative estimate of drug-likeness (QED) is 0.669. The van der Waals surface area contributed by atoms with Crippen LogP contribution in [0.25, 0.3) is 0 Å². The van der Waals surface area contributed by atoms with Gasteiger partial charge in [0.2, 0.25) is 0 Å². The molecular formula is C9H12NOS. The first-order valence-corrected chi connectivity index (χ1v) is 4.93. The highest BCUT2D eigenvalue weighted by molar-refractivity contribution is 7.99. The smallest absolute Gasteiger partial charge is 0.0959 e. The number of hydrogen-bond acceptors (Lipinski definition) is 2. The number of nitrogens with zero attached hydrogens (tertiary/aromatic N) is 1. The van der Waals surface area contributed by atoms with Crippen molar-refractivity contribution in [3.63, 3.8) is 0 Å². The maximum absolute atomic E-state index is 10.4. The molecule has 0 spiro atoms. The molecule has 1 unspecified atom stereocenters. The lowest BCUT2D eigenvalue weighted by atomic mass is 10.2. The van der Waals surface area contributed by atoms with Gasteiger partial charge in [-0.2, -0.15) is 0 Å². The van der Waals surface area contributed by atoms with Crippen LogP contribution in [0, 0.1) is 5.92 Å². The highest BCUT2D eigenvalue weighted by atomic mass is 32.2. The van der Waals surface area contributed by atoms with Gasteiger partial charge in [0.15, 0.2) is 0 Å². The van der Waals surface area contributed by atoms with Gasteiger partial charge >= 0.3 is 0 Å². The normalized spacial score (nSPS) is 12.8. The standard InChI is InChI=1S/C9H12NOS/c1-8(6-11)7-12-9-4-2-3-5-10-9/h2-5,8H,6-7H2,1H3. The van der Waals surface area contributed by atoms with Crippen molar-refractivity contribution >= 4 is 11.8 Å². The fraction of sp³-hybridized carbons (Fsp3) is 0.444. The largest absolute Gasteiger partial charge is 0.250 e. The Balaban J connectivity index is 2.33. The average molecular weight is 182 g/mol. The Hall–Kier alpha value is -0.540. The second kappa shape index (κ2) is 5.17. The Morgan fingerprint density at radius 2 is 2.42 bits per heavy atom. The highest BCUT2D eigenvalue weighted by Gasteiger charge is 2.01. The molecule has 12 heavy (non-hydrogen) atoms. The van der Waals surface area contributed by atoms with E-state index in [-0.39, 0.29) is 12.5 Å². The molecule has 1 radical (unpaired) electrons. The minimum absolute atomic E-state index is 0.000165. The van der Waals surface area contributed by atoms with Gasteiger partial charge in [0, 0.05) is 11.9 Å². The van der Waals surface area contributed by atoms with E-state index in [1.165, 1.54) is 0 Å². The number of aromatic nitrogens is 1. The predicted molar refractivity (Wildman–Crippen MR) is 49.7 cm³/mol. The van der Waals surface area contributed by atoms with E-state index in [1.54, 1.807) is 18.0 Å². The maximum Gasteiger partial charge on any atom is 0.0959 e. The molecule has 1 rings (SSSR count). The summed E-state index contributed by atoms with van der Waals surface area (Å²) < 4.78 is 0. The molecule has 0 N–H and O–H groups in total. The zero-order valence-electron chi connectivity index (χ0n) is 7.06. The van der Waals surface area contributed by atoms with Crippen molar-refractivity contribution in [2.24, 2.45) is 5.92 Å². The van der Waals surface area contributed by atoms with Gasteiger partial charge in [-0.15, -0.1) is 11.8 Å². The van der Waals surface area contributed by atoms with E-state index in [2.05, 4.69) is 4.98 Å². The van der Waals surface area contributed by atoms with E-state index in [1.807, 2.05) is 25.1 Å². The average Bonchev–Trinajstić information content (AvgIpc) is 2.16. The Bertz CT molecular complexity index is 215. The van der Waals surface area contributed by atoms with Crippen LogP contribution >= 0.6 is 11.8 Å². The first-order chi connectivity index (χ1) is 5.83. The summed E-state index contributed by atoms with van der Waals surface area (Å²) in [6.07, 6.45) is 1.77. The van der Waals surface area contributed by atoms with Gasteiger partial charge < -0.3 is 0 Å². The monoisotopic (exact) mass is 182 g/mol. The van der Waals surface area contributed by atoms with Crippen LogP contribution in [0.4, 0.5) is 0 Å². The summed E-state index contributed by atoms with van der Waals surface area (Å²) in [6, 6.07) is 5.81. The Morgan fingerprint density at radius 3 is 3.00 bits per heavy atom. The third-order valence-corrected chi connectivity index (χ3v) is 2.71. The minimum atomic E-state index is -0.000165. The van der Waals surface area contributed by atoms with Crippen molar-refractivity contribution in [3.05, 3.63) is 24.4 Å². The van der Waals surface area contributed by atoms with Crippen molar-refractivity contribution in [2.75, 3.05) is 12.4 Å². The van der Waals surface area contributed by atoms with Crippen molar-refractivity contribution < 1.29 is 5.11 Å². The molecule has 0 saturated carbocycles. The van der Waals surface area contributed by atoms with Gasteiger partial charge in [-0.05, 0) is 18.1 Å². The molecule has 0 aliphatic heterocycles. The zero-order valence-corrected chi connectivity index (χ0v) is 7.88. The molecule has 0 aromatic carbocycles. The molecule has 0 fully saturated rings. The lowest BCUT2D eigenvalue weighted by Crippen LogP contribution is -2.02. The number of hydrogen-bond donors (Lipinski definition) is 0. The molecule has 1 aromatic heterocycles. The second-order valence-corrected chi connectivity index (χ2v) is 3.79. The van der Waals surface area contributed by atoms with Crippen molar-refractivity contribution in [2.45, 2.75) is 11.9 Å². The van der Waals surface area contributed by atoms with Crippen LogP contribution < -0.4 is 0 Å². The van der Waals surface area contributed by atoms with Gasteiger partial charge in [-0.3, -0.25) is 0 Å². The van der Waals surface area contributed by atoms with Gasteiger partial charge in [0.05, 0.1) is 11.6 Å². The van der Waals surface area contributed by atoms with Crippen LogP contribution in [0.3, 0.4) is 0 Å². The molecule has 2 nitrogen and oxygen atoms in total. The van der Waals surface area contributed by atoms with Gasteiger partial charge in [-0.1, -0.05) is 13.0 Å². The first kappa shape index (κ1) is 9.55. The molecule has 0 aliphatic carbocycles. The Morgan fingerprint density at radius 1 is 1.58 bits per heavy atom. The minimum Gasteiger partial charge on any atom is -0.250 e. The van der Waals surface area contributed by atoms with Crippen LogP contribution in [-0.2, 0) is 5.11 Å². The molecule has 1 atom stereocenters. The molecule has 0 aliphatic rings. The molecule has 0 bridgehead atoms. The van der Waals surface area contributed by atoms with Gasteiger partial charge in [0.1, 0.15) is 0 Å². The lowest BCUT2D eigenvalue weighted by molar-refractivity contribution is 0.160. The van der Waals surface area contributed by atoms with E-state index < -0.39 is 0 Å². The van der Waals surface area contributed by atoms with E-state index in [4.69, 9.17) is 0 Å². The van der Waals surface area contributed by atoms with E-state index in [0.29, 0.717) is 0 Å². The molecule has 0 amide bonds. The summed E-state index contributed by atoms with van der Waals surface area (Å²) in [5.41, 5.74) is 0. The molecule has 1 aromatic rings. The molecular weight excluding hydrogens is 170 g/mol. The number of thioether (sulfide) groups is 1. The SMILES string of the molecule is CC(C[O])CSc1ccccn1. The molecule has 1 heterocycles. The fourth-order valence-corrected chi connectivity index (χ4v) is 1.57. The van der Waals surface area contributed by atoms with Crippen molar-refractivity contribution in [1.82, 2.24) is 4.98 Å². The fourth-order valence-electron chi connectivity index (χ4n) is 0.708. The number of pyridine rings is 1. The third kappa shape index (κ3) is 3.24. The summed E-state index contributed by atoms with van der Waals surface area (Å²) in [7, 11) is 0. The van der Waals surface area contributed by atoms with Gasteiger partial charge in [-0.25, -0.2) is 10.1 Å². The Labute approximate surface area is 77.0 Å². The van der Waals surface area contributed by atoms with Crippen molar-refractivity contribution in [3.8, 4) is 0 Å². The number of rotatable bonds is 4. The highest BCUT2D eigenvalue weighted by Crippen LogP contribution is 2.17. The van der Waals surface area contributed by atoms with Crippen LogP contribution in [0.5, 0.6) is 0 Å². The Kier molecular flexibility index (Phi) is 4.11. The summed E-state index contributed by atoms with van der Waals surface area (Å²) in [5, 5.41) is 11.4. The van der Waals surface area contributed by atoms with E-state index in [0.717, 1.165) is 10.8 Å². The second-order valence-electron chi connectivity index (χ2n) is 2.75. The molecule has 0 saturated heterocycles. The van der Waals surface area contributed by atoms with Crippen LogP contribution in [0.2, 0.25) is 0 Å². The summed E-state index contributed by atoms with van der Waals surface area (Å²) in [6.45, 7) is 1.96. The molecule has 3 heteroatoms. The maximum atomic E-state index is 10.4. The zero-order chi connectivity index (χ0) is 8.81. The lowest BCUT2D eigenvalue weighted by Gasteiger charge is -2.04. The molecule has 65 valence electrons. The van der Waals surface area contributed by atoms with E-state index in [9.17, 15) is 5.11 Å². The first-order valence-electron chi connectivity index (χ1n) is 3.95. The van der Waals surface area contributed by atoms with E-state index >= 15 is 0 Å². The predicted octanol–water partition coefficient (Wildman–Crippen LogP) is 2.24. The van der Waals surface area contributed by atoms with Crippen LogP contribution in [0.15, 0.2) is 29.4 Å². The van der Waals surface area contributed by atoms with Crippen LogP contribution in [-0.4, -0.2) is 17.3 Å². The summed E-state index contributed by atoms with van der Waals surface area (Å²) >= 11 is 1.64. The summed E-state index contributed by atoms with van der Waals surface area (Å²) in [4.78, 5) is 4.15. The topological polar surface area (TPSA) is 32.8 Å². The summed E-state index contributed by atoms with van der Waals surface area (Å²) in [5.74, 6) is 1.09. The van der Waals surface area contributed by atoms with Gasteiger partial charge in [0.25, 0.3) is 0 Å². The van der Waals surface area contributed by atoms with Crippen molar-refractivity contribution in [1.29, 1.82) is 0 Å². The van der Waals surface area contributed by atoms with Crippen LogP contribution in [0.1, 0.15) is 6.92 Å². The third-order valence-electron chi connectivity index (χ3n) is 1.44.